The molecule has 1 aromatic carbocycles. The molecule has 3 N–H and O–H groups in total. The highest BCUT2D eigenvalue weighted by molar-refractivity contribution is 6.00. The number of nitrogens with one attached hydrogen (secondary N) is 1. The van der Waals surface area contributed by atoms with Crippen molar-refractivity contribution < 1.29 is 4.79 Å². The Hall–Kier alpha value is -1.71. The van der Waals surface area contributed by atoms with Crippen LogP contribution in [0.5, 0.6) is 0 Å². The van der Waals surface area contributed by atoms with E-state index in [1.54, 1.807) is 25.1 Å². The Morgan fingerprint density at radius 3 is 2.52 bits per heavy atom. The first kappa shape index (κ1) is 13.0. The van der Waals surface area contributed by atoms with Gasteiger partial charge >= 0.3 is 0 Å². The van der Waals surface area contributed by atoms with Crippen molar-refractivity contribution in [3.05, 3.63) is 23.8 Å². The third kappa shape index (κ3) is 1.92. The summed E-state index contributed by atoms with van der Waals surface area (Å²) in [6.07, 6.45) is 4.25. The molecule has 0 spiro atoms. The monoisotopic (exact) mass is 285 g/mol. The van der Waals surface area contributed by atoms with Crippen LogP contribution in [0.15, 0.2) is 18.2 Å². The Morgan fingerprint density at radius 2 is 1.90 bits per heavy atom. The van der Waals surface area contributed by atoms with E-state index in [4.69, 9.17) is 5.73 Å². The van der Waals surface area contributed by atoms with Crippen molar-refractivity contribution in [2.24, 2.45) is 23.7 Å². The number of hydrogen-bond acceptors (Lipinski definition) is 3. The van der Waals surface area contributed by atoms with Crippen LogP contribution in [-0.4, -0.2) is 30.9 Å². The first-order valence-corrected chi connectivity index (χ1v) is 7.94. The molecule has 1 aromatic rings. The lowest BCUT2D eigenvalue weighted by atomic mass is 10.0. The van der Waals surface area contributed by atoms with Crippen molar-refractivity contribution in [2.75, 3.05) is 25.1 Å². The zero-order chi connectivity index (χ0) is 14.7. The number of fused-ring (bicyclic) bond motifs is 5. The first-order chi connectivity index (χ1) is 10.1. The van der Waals surface area contributed by atoms with Gasteiger partial charge < -0.3 is 16.0 Å². The molecule has 0 heterocycles. The minimum atomic E-state index is 0.0336. The van der Waals surface area contributed by atoms with E-state index in [1.165, 1.54) is 19.3 Å². The third-order valence-electron chi connectivity index (χ3n) is 5.74. The fraction of sp³-hybridized carbons (Fsp3) is 0.588. The predicted octanol–water partition coefficient (Wildman–Crippen LogP) is 2.43. The van der Waals surface area contributed by atoms with E-state index < -0.39 is 0 Å². The number of amides is 1. The van der Waals surface area contributed by atoms with Crippen molar-refractivity contribution in [2.45, 2.75) is 25.3 Å². The van der Waals surface area contributed by atoms with Crippen molar-refractivity contribution in [3.63, 3.8) is 0 Å². The number of rotatable bonds is 3. The number of carbonyl (C=O) groups excluding carboxylic acids is 1. The van der Waals surface area contributed by atoms with Gasteiger partial charge in [0.05, 0.1) is 5.56 Å². The summed E-state index contributed by atoms with van der Waals surface area (Å²) in [5.41, 5.74) is 8.27. The van der Waals surface area contributed by atoms with Crippen LogP contribution >= 0.6 is 0 Å². The maximum Gasteiger partial charge on any atom is 0.255 e. The van der Waals surface area contributed by atoms with Crippen molar-refractivity contribution in [1.29, 1.82) is 0 Å². The van der Waals surface area contributed by atoms with Crippen LogP contribution in [0.4, 0.5) is 11.4 Å². The van der Waals surface area contributed by atoms with Gasteiger partial charge in [0, 0.05) is 31.5 Å². The molecule has 3 saturated carbocycles. The number of benzene rings is 1. The summed E-state index contributed by atoms with van der Waals surface area (Å²) >= 11 is 0. The van der Waals surface area contributed by atoms with Crippen LogP contribution in [-0.2, 0) is 0 Å². The zero-order valence-electron chi connectivity index (χ0n) is 12.7. The lowest BCUT2D eigenvalue weighted by Gasteiger charge is -2.18. The maximum atomic E-state index is 12.3. The van der Waals surface area contributed by atoms with E-state index in [2.05, 4.69) is 5.32 Å². The molecule has 0 aliphatic heterocycles. The van der Waals surface area contributed by atoms with Gasteiger partial charge in [-0.15, -0.1) is 0 Å². The highest BCUT2D eigenvalue weighted by atomic mass is 16.2. The van der Waals surface area contributed by atoms with Crippen LogP contribution in [0, 0.1) is 23.7 Å². The minimum absolute atomic E-state index is 0.0336. The van der Waals surface area contributed by atoms with Crippen molar-refractivity contribution >= 4 is 17.3 Å². The van der Waals surface area contributed by atoms with Gasteiger partial charge in [0.1, 0.15) is 0 Å². The fourth-order valence-electron chi connectivity index (χ4n) is 4.81. The molecule has 21 heavy (non-hydrogen) atoms. The quantitative estimate of drug-likeness (QED) is 0.839. The Balaban J connectivity index is 1.58. The van der Waals surface area contributed by atoms with Crippen LogP contribution in [0.25, 0.3) is 0 Å². The summed E-state index contributed by atoms with van der Waals surface area (Å²) in [5, 5.41) is 3.64. The van der Waals surface area contributed by atoms with Crippen molar-refractivity contribution in [1.82, 2.24) is 4.90 Å². The summed E-state index contributed by atoms with van der Waals surface area (Å²) < 4.78 is 0. The molecule has 0 radical (unpaired) electrons. The van der Waals surface area contributed by atoms with Gasteiger partial charge in [0.25, 0.3) is 5.91 Å². The van der Waals surface area contributed by atoms with Gasteiger partial charge in [0.15, 0.2) is 0 Å². The summed E-state index contributed by atoms with van der Waals surface area (Å²) in [5.74, 6) is 3.56. The van der Waals surface area contributed by atoms with Crippen LogP contribution in [0.1, 0.15) is 29.6 Å². The number of nitrogens with zero attached hydrogens (tertiary/aromatic N) is 1. The number of nitrogens with two attached hydrogens (primary N) is 1. The van der Waals surface area contributed by atoms with E-state index in [1.807, 2.05) is 12.1 Å². The first-order valence-electron chi connectivity index (χ1n) is 7.94. The van der Waals surface area contributed by atoms with E-state index in [-0.39, 0.29) is 5.91 Å². The van der Waals surface area contributed by atoms with E-state index >= 15 is 0 Å². The Labute approximate surface area is 125 Å². The van der Waals surface area contributed by atoms with Gasteiger partial charge in [0.2, 0.25) is 0 Å². The number of nitrogen functional groups attached to an aromatic ring is 1. The van der Waals surface area contributed by atoms with Gasteiger partial charge in [-0.25, -0.2) is 0 Å². The topological polar surface area (TPSA) is 58.4 Å². The molecule has 4 nitrogen and oxygen atoms in total. The molecule has 2 bridgehead atoms. The summed E-state index contributed by atoms with van der Waals surface area (Å²) in [4.78, 5) is 13.9. The Kier molecular flexibility index (Phi) is 2.72. The van der Waals surface area contributed by atoms with Crippen molar-refractivity contribution in [3.8, 4) is 0 Å². The second-order valence-electron chi connectivity index (χ2n) is 7.16. The molecule has 4 unspecified atom stereocenters. The van der Waals surface area contributed by atoms with Crippen LogP contribution in [0.2, 0.25) is 0 Å². The molecule has 3 aliphatic carbocycles. The lowest BCUT2D eigenvalue weighted by Crippen LogP contribution is -2.24. The second kappa shape index (κ2) is 4.39. The smallest absolute Gasteiger partial charge is 0.255 e. The normalized spacial score (nSPS) is 35.4. The molecule has 0 saturated heterocycles. The molecule has 4 atom stereocenters. The maximum absolute atomic E-state index is 12.3. The summed E-state index contributed by atoms with van der Waals surface area (Å²) in [7, 11) is 3.57. The third-order valence-corrected chi connectivity index (χ3v) is 5.74. The van der Waals surface area contributed by atoms with Crippen LogP contribution in [0.3, 0.4) is 0 Å². The predicted molar refractivity (Wildman–Crippen MR) is 84.1 cm³/mol. The highest BCUT2D eigenvalue weighted by Gasteiger charge is 2.65. The molecule has 3 fully saturated rings. The van der Waals surface area contributed by atoms with E-state index in [9.17, 15) is 4.79 Å². The largest absolute Gasteiger partial charge is 0.399 e. The number of anilines is 2. The Bertz CT molecular complexity index is 582. The molecule has 4 heteroatoms. The summed E-state index contributed by atoms with van der Waals surface area (Å²) in [6.45, 7) is 0. The zero-order valence-corrected chi connectivity index (χ0v) is 12.7. The number of hydrogen-bond donors (Lipinski definition) is 2. The minimum Gasteiger partial charge on any atom is -0.399 e. The molecule has 112 valence electrons. The number of carbonyl (C=O) groups is 1. The van der Waals surface area contributed by atoms with Gasteiger partial charge in [-0.2, -0.15) is 0 Å². The highest BCUT2D eigenvalue weighted by Crippen LogP contribution is 2.66. The summed E-state index contributed by atoms with van der Waals surface area (Å²) in [6, 6.07) is 6.12. The van der Waals surface area contributed by atoms with Crippen LogP contribution < -0.4 is 11.1 Å². The van der Waals surface area contributed by atoms with Gasteiger partial charge in [-0.05, 0) is 61.1 Å². The standard InChI is InChI=1S/C17H23N3O/c1-20(2)17(21)12-6-5-11(18)8-13(12)19-16-14-9-3-4-10(7-9)15(14)16/h5-6,8-10,14-16,19H,3-4,7,18H2,1-2H3. The van der Waals surface area contributed by atoms with Gasteiger partial charge in [-0.1, -0.05) is 0 Å². The van der Waals surface area contributed by atoms with Gasteiger partial charge in [-0.3, -0.25) is 4.79 Å². The molecule has 3 aliphatic rings. The molecular formula is C17H23N3O. The fourth-order valence-corrected chi connectivity index (χ4v) is 4.81. The van der Waals surface area contributed by atoms with E-state index in [0.29, 0.717) is 11.7 Å². The molecular weight excluding hydrogens is 262 g/mol. The van der Waals surface area contributed by atoms with E-state index in [0.717, 1.165) is 34.9 Å². The Morgan fingerprint density at radius 1 is 1.24 bits per heavy atom. The molecule has 0 aromatic heterocycles. The molecule has 4 rings (SSSR count). The SMILES string of the molecule is CN(C)C(=O)c1ccc(N)cc1NC1C2C3CCC(C3)C12. The lowest BCUT2D eigenvalue weighted by molar-refractivity contribution is 0.0828. The molecule has 1 amide bonds. The second-order valence-corrected chi connectivity index (χ2v) is 7.16. The average Bonchev–Trinajstić information content (AvgIpc) is 2.83. The average molecular weight is 285 g/mol.